The molecule has 7 heteroatoms. The SMILES string of the molecule is Cc1cc(C)c(-c2ccc3ccc(CC4COCCN4C(=O)OC(C)(C)C)nc3n2)c(O)c1. The molecule has 1 N–H and O–H groups in total. The van der Waals surface area contributed by atoms with Crippen molar-refractivity contribution in [1.82, 2.24) is 14.9 Å². The average Bonchev–Trinajstić information content (AvgIpc) is 2.72. The first-order chi connectivity index (χ1) is 15.6. The number of aryl methyl sites for hydroxylation is 2. The number of pyridine rings is 2. The molecule has 0 saturated carbocycles. The number of benzene rings is 1. The van der Waals surface area contributed by atoms with Crippen molar-refractivity contribution in [2.45, 2.75) is 52.7 Å². The Morgan fingerprint density at radius 3 is 2.67 bits per heavy atom. The molecule has 174 valence electrons. The van der Waals surface area contributed by atoms with Crippen molar-refractivity contribution < 1.29 is 19.4 Å². The van der Waals surface area contributed by atoms with Crippen molar-refractivity contribution in [3.05, 3.63) is 53.2 Å². The third-order valence-corrected chi connectivity index (χ3v) is 5.63. The van der Waals surface area contributed by atoms with E-state index in [0.29, 0.717) is 43.1 Å². The molecule has 1 aliphatic heterocycles. The zero-order valence-corrected chi connectivity index (χ0v) is 19.9. The van der Waals surface area contributed by atoms with Crippen LogP contribution in [0.3, 0.4) is 0 Å². The molecule has 0 bridgehead atoms. The number of carbonyl (C=O) groups is 1. The monoisotopic (exact) mass is 449 g/mol. The maximum Gasteiger partial charge on any atom is 0.410 e. The van der Waals surface area contributed by atoms with Crippen LogP contribution in [0.25, 0.3) is 22.3 Å². The number of fused-ring (bicyclic) bond motifs is 1. The lowest BCUT2D eigenvalue weighted by atomic mass is 10.0. The summed E-state index contributed by atoms with van der Waals surface area (Å²) in [5, 5.41) is 11.4. The number of hydrogen-bond donors (Lipinski definition) is 1. The van der Waals surface area contributed by atoms with Crippen LogP contribution in [0.15, 0.2) is 36.4 Å². The predicted octanol–water partition coefficient (Wildman–Crippen LogP) is 4.80. The molecule has 7 nitrogen and oxygen atoms in total. The smallest absolute Gasteiger partial charge is 0.410 e. The van der Waals surface area contributed by atoms with E-state index in [2.05, 4.69) is 0 Å². The van der Waals surface area contributed by atoms with Gasteiger partial charge in [0.15, 0.2) is 5.65 Å². The van der Waals surface area contributed by atoms with Gasteiger partial charge in [-0.25, -0.2) is 14.8 Å². The second kappa shape index (κ2) is 8.98. The molecular weight excluding hydrogens is 418 g/mol. The van der Waals surface area contributed by atoms with Crippen molar-refractivity contribution in [3.63, 3.8) is 0 Å². The normalized spacial score (nSPS) is 16.8. The Morgan fingerprint density at radius 2 is 1.94 bits per heavy atom. The van der Waals surface area contributed by atoms with Gasteiger partial charge < -0.3 is 19.5 Å². The molecule has 1 saturated heterocycles. The topological polar surface area (TPSA) is 84.8 Å². The van der Waals surface area contributed by atoms with Gasteiger partial charge in [-0.1, -0.05) is 6.07 Å². The molecule has 2 aromatic heterocycles. The van der Waals surface area contributed by atoms with Gasteiger partial charge >= 0.3 is 6.09 Å². The van der Waals surface area contributed by atoms with Gasteiger partial charge in [-0.15, -0.1) is 0 Å². The van der Waals surface area contributed by atoms with E-state index in [9.17, 15) is 9.90 Å². The molecule has 0 spiro atoms. The minimum Gasteiger partial charge on any atom is -0.507 e. The molecule has 3 heterocycles. The summed E-state index contributed by atoms with van der Waals surface area (Å²) >= 11 is 0. The predicted molar refractivity (Wildman–Crippen MR) is 127 cm³/mol. The van der Waals surface area contributed by atoms with E-state index in [1.54, 1.807) is 11.0 Å². The Bertz CT molecular complexity index is 1160. The minimum absolute atomic E-state index is 0.162. The van der Waals surface area contributed by atoms with Crippen LogP contribution in [-0.2, 0) is 15.9 Å². The van der Waals surface area contributed by atoms with E-state index in [1.807, 2.05) is 65.0 Å². The third-order valence-electron chi connectivity index (χ3n) is 5.63. The van der Waals surface area contributed by atoms with E-state index >= 15 is 0 Å². The summed E-state index contributed by atoms with van der Waals surface area (Å²) in [7, 11) is 0. The van der Waals surface area contributed by atoms with Gasteiger partial charge in [-0.3, -0.25) is 0 Å². The summed E-state index contributed by atoms with van der Waals surface area (Å²) in [6.45, 7) is 10.9. The zero-order valence-electron chi connectivity index (χ0n) is 19.9. The van der Waals surface area contributed by atoms with Crippen LogP contribution in [0.5, 0.6) is 5.75 Å². The molecule has 1 aromatic carbocycles. The molecule has 1 unspecified atom stereocenters. The number of aromatic nitrogens is 2. The fourth-order valence-corrected chi connectivity index (χ4v) is 4.20. The van der Waals surface area contributed by atoms with E-state index in [0.717, 1.165) is 22.2 Å². The Labute approximate surface area is 194 Å². The molecule has 4 rings (SSSR count). The number of ether oxygens (including phenoxy) is 2. The van der Waals surface area contributed by atoms with Crippen LogP contribution >= 0.6 is 0 Å². The minimum atomic E-state index is -0.554. The van der Waals surface area contributed by atoms with Crippen molar-refractivity contribution in [3.8, 4) is 17.0 Å². The molecule has 1 atom stereocenters. The van der Waals surface area contributed by atoms with Crippen LogP contribution in [0.2, 0.25) is 0 Å². The number of phenols is 1. The van der Waals surface area contributed by atoms with Gasteiger partial charge in [-0.05, 0) is 76.1 Å². The van der Waals surface area contributed by atoms with Crippen molar-refractivity contribution in [1.29, 1.82) is 0 Å². The van der Waals surface area contributed by atoms with Gasteiger partial charge in [0.1, 0.15) is 11.4 Å². The van der Waals surface area contributed by atoms with Crippen molar-refractivity contribution in [2.24, 2.45) is 0 Å². The van der Waals surface area contributed by atoms with Gasteiger partial charge in [0.25, 0.3) is 0 Å². The second-order valence-corrected chi connectivity index (χ2v) is 9.63. The van der Waals surface area contributed by atoms with Crippen LogP contribution in [0, 0.1) is 13.8 Å². The number of amides is 1. The van der Waals surface area contributed by atoms with Gasteiger partial charge in [0.2, 0.25) is 0 Å². The van der Waals surface area contributed by atoms with Gasteiger partial charge in [-0.2, -0.15) is 0 Å². The first-order valence-electron chi connectivity index (χ1n) is 11.3. The highest BCUT2D eigenvalue weighted by molar-refractivity contribution is 5.81. The molecular formula is C26H31N3O4. The van der Waals surface area contributed by atoms with Crippen LogP contribution < -0.4 is 0 Å². The van der Waals surface area contributed by atoms with E-state index < -0.39 is 5.60 Å². The number of rotatable bonds is 3. The Morgan fingerprint density at radius 1 is 1.18 bits per heavy atom. The lowest BCUT2D eigenvalue weighted by Crippen LogP contribution is -2.51. The second-order valence-electron chi connectivity index (χ2n) is 9.63. The van der Waals surface area contributed by atoms with E-state index in [1.165, 1.54) is 0 Å². The molecule has 0 radical (unpaired) electrons. The van der Waals surface area contributed by atoms with Gasteiger partial charge in [0.05, 0.1) is 24.9 Å². The highest BCUT2D eigenvalue weighted by Crippen LogP contribution is 2.33. The number of morpholine rings is 1. The quantitative estimate of drug-likeness (QED) is 0.618. The maximum absolute atomic E-state index is 12.7. The fraction of sp³-hybridized carbons (Fsp3) is 0.423. The maximum atomic E-state index is 12.7. The number of nitrogens with zero attached hydrogens (tertiary/aromatic N) is 3. The highest BCUT2D eigenvalue weighted by Gasteiger charge is 2.31. The average molecular weight is 450 g/mol. The Kier molecular flexibility index (Phi) is 6.26. The van der Waals surface area contributed by atoms with E-state index in [-0.39, 0.29) is 17.9 Å². The molecule has 3 aromatic rings. The van der Waals surface area contributed by atoms with Crippen LogP contribution in [0.4, 0.5) is 4.79 Å². The summed E-state index contributed by atoms with van der Waals surface area (Å²) in [6, 6.07) is 11.4. The zero-order chi connectivity index (χ0) is 23.8. The fourth-order valence-electron chi connectivity index (χ4n) is 4.20. The number of carbonyl (C=O) groups excluding carboxylic acids is 1. The Hall–Kier alpha value is -3.19. The number of phenolic OH excluding ortho intramolecular Hbond substituents is 1. The van der Waals surface area contributed by atoms with Crippen LogP contribution in [-0.4, -0.2) is 57.5 Å². The highest BCUT2D eigenvalue weighted by atomic mass is 16.6. The third kappa shape index (κ3) is 5.25. The van der Waals surface area contributed by atoms with Crippen LogP contribution in [0.1, 0.15) is 37.6 Å². The molecule has 1 amide bonds. The standard InChI is InChI=1S/C26H31N3O4/c1-16-12-17(2)23(22(30)13-16)21-9-7-18-6-8-19(27-24(18)28-21)14-20-15-32-11-10-29(20)25(31)33-26(3,4)5/h6-9,12-13,20,30H,10-11,14-15H2,1-5H3. The number of hydrogen-bond acceptors (Lipinski definition) is 6. The van der Waals surface area contributed by atoms with Crippen molar-refractivity contribution in [2.75, 3.05) is 19.8 Å². The molecule has 33 heavy (non-hydrogen) atoms. The largest absolute Gasteiger partial charge is 0.507 e. The number of aromatic hydroxyl groups is 1. The summed E-state index contributed by atoms with van der Waals surface area (Å²) < 4.78 is 11.2. The lowest BCUT2D eigenvalue weighted by Gasteiger charge is -2.36. The first-order valence-corrected chi connectivity index (χ1v) is 11.3. The van der Waals surface area contributed by atoms with Crippen molar-refractivity contribution >= 4 is 17.1 Å². The molecule has 0 aliphatic carbocycles. The molecule has 1 aliphatic rings. The first kappa shape index (κ1) is 23.0. The lowest BCUT2D eigenvalue weighted by molar-refractivity contribution is -0.0321. The Balaban J connectivity index is 1.62. The summed E-state index contributed by atoms with van der Waals surface area (Å²) in [4.78, 5) is 24.0. The summed E-state index contributed by atoms with van der Waals surface area (Å²) in [5.74, 6) is 0.211. The summed E-state index contributed by atoms with van der Waals surface area (Å²) in [5.41, 5.74) is 4.22. The van der Waals surface area contributed by atoms with E-state index in [4.69, 9.17) is 19.4 Å². The van der Waals surface area contributed by atoms with Gasteiger partial charge in [0, 0.05) is 29.6 Å². The molecule has 1 fully saturated rings. The summed E-state index contributed by atoms with van der Waals surface area (Å²) in [6.07, 6.45) is 0.206.